The van der Waals surface area contributed by atoms with Crippen LogP contribution in [-0.4, -0.2) is 16.1 Å². The first-order valence-corrected chi connectivity index (χ1v) is 5.85. The zero-order valence-electron chi connectivity index (χ0n) is 10.0. The van der Waals surface area contributed by atoms with Gasteiger partial charge in [-0.05, 0) is 44.4 Å². The number of aryl methyl sites for hydroxylation is 3. The number of unbranched alkanes of at least 4 members (excludes halogenated alkanes) is 1. The van der Waals surface area contributed by atoms with Crippen molar-refractivity contribution < 1.29 is 0 Å². The van der Waals surface area contributed by atoms with Gasteiger partial charge in [0.25, 0.3) is 0 Å². The van der Waals surface area contributed by atoms with E-state index in [0.717, 1.165) is 37.1 Å². The highest BCUT2D eigenvalue weighted by Crippen LogP contribution is 2.20. The van der Waals surface area contributed by atoms with Gasteiger partial charge in [0.15, 0.2) is 0 Å². The number of aromatic nitrogens is 2. The highest BCUT2D eigenvalue weighted by atomic mass is 15.0. The highest BCUT2D eigenvalue weighted by Gasteiger charge is 2.07. The van der Waals surface area contributed by atoms with E-state index in [-0.39, 0.29) is 0 Å². The molecule has 0 aliphatic heterocycles. The first kappa shape index (κ1) is 11.1. The molecule has 2 N–H and O–H groups in total. The van der Waals surface area contributed by atoms with Crippen LogP contribution in [0, 0.1) is 6.92 Å². The van der Waals surface area contributed by atoms with Crippen molar-refractivity contribution in [1.82, 2.24) is 9.55 Å². The van der Waals surface area contributed by atoms with E-state index in [2.05, 4.69) is 34.8 Å². The Morgan fingerprint density at radius 3 is 2.88 bits per heavy atom. The summed E-state index contributed by atoms with van der Waals surface area (Å²) in [5, 5.41) is 0. The molecule has 1 aromatic heterocycles. The van der Waals surface area contributed by atoms with Crippen LogP contribution in [0.15, 0.2) is 18.2 Å². The summed E-state index contributed by atoms with van der Waals surface area (Å²) in [5.41, 5.74) is 9.28. The molecule has 0 atom stereocenters. The lowest BCUT2D eigenvalue weighted by Crippen LogP contribution is -2.00. The number of nitrogens with zero attached hydrogens (tertiary/aromatic N) is 2. The van der Waals surface area contributed by atoms with Gasteiger partial charge < -0.3 is 10.3 Å². The van der Waals surface area contributed by atoms with Gasteiger partial charge in [0.2, 0.25) is 0 Å². The van der Waals surface area contributed by atoms with Crippen LogP contribution in [0.1, 0.15) is 24.2 Å². The van der Waals surface area contributed by atoms with Gasteiger partial charge in [0, 0.05) is 7.05 Å². The topological polar surface area (TPSA) is 43.8 Å². The fourth-order valence-electron chi connectivity index (χ4n) is 2.13. The quantitative estimate of drug-likeness (QED) is 0.798. The molecule has 3 nitrogen and oxygen atoms in total. The molecule has 0 unspecified atom stereocenters. The van der Waals surface area contributed by atoms with Gasteiger partial charge in [-0.2, -0.15) is 0 Å². The SMILES string of the molecule is Cc1nc2cccc(CCCCN)c2n1C. The third-order valence-corrected chi connectivity index (χ3v) is 3.10. The fraction of sp³-hybridized carbons (Fsp3) is 0.462. The van der Waals surface area contributed by atoms with Gasteiger partial charge in [0.1, 0.15) is 5.82 Å². The van der Waals surface area contributed by atoms with E-state index >= 15 is 0 Å². The first-order chi connectivity index (χ1) is 7.74. The number of hydrogen-bond acceptors (Lipinski definition) is 2. The van der Waals surface area contributed by atoms with Crippen LogP contribution in [-0.2, 0) is 13.5 Å². The highest BCUT2D eigenvalue weighted by molar-refractivity contribution is 5.79. The van der Waals surface area contributed by atoms with E-state index < -0.39 is 0 Å². The molecule has 0 bridgehead atoms. The zero-order chi connectivity index (χ0) is 11.5. The Balaban J connectivity index is 2.36. The number of imidazole rings is 1. The minimum Gasteiger partial charge on any atom is -0.331 e. The lowest BCUT2D eigenvalue weighted by molar-refractivity contribution is 0.744. The number of para-hydroxylation sites is 1. The molecule has 0 fully saturated rings. The molecular weight excluding hydrogens is 198 g/mol. The van der Waals surface area contributed by atoms with Crippen molar-refractivity contribution in [3.8, 4) is 0 Å². The summed E-state index contributed by atoms with van der Waals surface area (Å²) in [6.07, 6.45) is 3.33. The monoisotopic (exact) mass is 217 g/mol. The molecule has 0 amide bonds. The Hall–Kier alpha value is -1.35. The molecular formula is C13H19N3. The lowest BCUT2D eigenvalue weighted by Gasteiger charge is -2.05. The molecule has 0 spiro atoms. The molecule has 1 heterocycles. The van der Waals surface area contributed by atoms with Crippen LogP contribution in [0.5, 0.6) is 0 Å². The van der Waals surface area contributed by atoms with Crippen LogP contribution in [0.2, 0.25) is 0 Å². The number of rotatable bonds is 4. The maximum Gasteiger partial charge on any atom is 0.106 e. The normalized spacial score (nSPS) is 11.2. The number of fused-ring (bicyclic) bond motifs is 1. The van der Waals surface area contributed by atoms with Gasteiger partial charge in [-0.15, -0.1) is 0 Å². The fourth-order valence-corrected chi connectivity index (χ4v) is 2.13. The Morgan fingerprint density at radius 2 is 2.12 bits per heavy atom. The standard InChI is InChI=1S/C13H19N3/c1-10-15-12-8-5-7-11(6-3-4-9-14)13(12)16(10)2/h5,7-8H,3-4,6,9,14H2,1-2H3. The summed E-state index contributed by atoms with van der Waals surface area (Å²) in [5.74, 6) is 1.07. The predicted molar refractivity (Wildman–Crippen MR) is 67.4 cm³/mol. The van der Waals surface area contributed by atoms with Crippen LogP contribution in [0.4, 0.5) is 0 Å². The van der Waals surface area contributed by atoms with E-state index in [1.165, 1.54) is 11.1 Å². The molecule has 86 valence electrons. The van der Waals surface area contributed by atoms with Gasteiger partial charge >= 0.3 is 0 Å². The van der Waals surface area contributed by atoms with Crippen LogP contribution in [0.25, 0.3) is 11.0 Å². The molecule has 0 aliphatic rings. The van der Waals surface area contributed by atoms with E-state index in [0.29, 0.717) is 0 Å². The minimum atomic E-state index is 0.778. The van der Waals surface area contributed by atoms with Crippen molar-refractivity contribution in [3.05, 3.63) is 29.6 Å². The molecule has 1 aromatic carbocycles. The Bertz CT molecular complexity index is 485. The summed E-state index contributed by atoms with van der Waals surface area (Å²) in [4.78, 5) is 4.54. The molecule has 16 heavy (non-hydrogen) atoms. The van der Waals surface area contributed by atoms with Crippen molar-refractivity contribution in [2.45, 2.75) is 26.2 Å². The van der Waals surface area contributed by atoms with Crippen LogP contribution >= 0.6 is 0 Å². The van der Waals surface area contributed by atoms with Gasteiger partial charge in [0.05, 0.1) is 11.0 Å². The van der Waals surface area contributed by atoms with Gasteiger partial charge in [-0.1, -0.05) is 12.1 Å². The molecule has 2 rings (SSSR count). The Morgan fingerprint density at radius 1 is 1.31 bits per heavy atom. The largest absolute Gasteiger partial charge is 0.331 e. The van der Waals surface area contributed by atoms with E-state index in [4.69, 9.17) is 5.73 Å². The molecule has 0 saturated heterocycles. The smallest absolute Gasteiger partial charge is 0.106 e. The lowest BCUT2D eigenvalue weighted by atomic mass is 10.1. The molecule has 0 radical (unpaired) electrons. The van der Waals surface area contributed by atoms with Crippen molar-refractivity contribution in [2.75, 3.05) is 6.54 Å². The predicted octanol–water partition coefficient (Wildman–Crippen LogP) is 2.16. The summed E-state index contributed by atoms with van der Waals surface area (Å²) in [7, 11) is 2.08. The maximum absolute atomic E-state index is 5.52. The van der Waals surface area contributed by atoms with Crippen LogP contribution in [0.3, 0.4) is 0 Å². The number of nitrogens with two attached hydrogens (primary N) is 1. The second kappa shape index (κ2) is 4.66. The van der Waals surface area contributed by atoms with Crippen molar-refractivity contribution in [2.24, 2.45) is 12.8 Å². The number of benzene rings is 1. The van der Waals surface area contributed by atoms with E-state index in [9.17, 15) is 0 Å². The Labute approximate surface area is 96.3 Å². The van der Waals surface area contributed by atoms with Crippen molar-refractivity contribution >= 4 is 11.0 Å². The first-order valence-electron chi connectivity index (χ1n) is 5.85. The second-order valence-electron chi connectivity index (χ2n) is 4.25. The molecule has 3 heteroatoms. The van der Waals surface area contributed by atoms with Gasteiger partial charge in [-0.25, -0.2) is 4.98 Å². The average Bonchev–Trinajstić information content (AvgIpc) is 2.56. The average molecular weight is 217 g/mol. The molecule has 0 aliphatic carbocycles. The third kappa shape index (κ3) is 1.95. The van der Waals surface area contributed by atoms with Crippen molar-refractivity contribution in [3.63, 3.8) is 0 Å². The van der Waals surface area contributed by atoms with E-state index in [1.54, 1.807) is 0 Å². The van der Waals surface area contributed by atoms with Crippen molar-refractivity contribution in [1.29, 1.82) is 0 Å². The summed E-state index contributed by atoms with van der Waals surface area (Å²) in [6.45, 7) is 2.82. The maximum atomic E-state index is 5.52. The third-order valence-electron chi connectivity index (χ3n) is 3.10. The van der Waals surface area contributed by atoms with Gasteiger partial charge in [-0.3, -0.25) is 0 Å². The number of hydrogen-bond donors (Lipinski definition) is 1. The zero-order valence-corrected chi connectivity index (χ0v) is 10.0. The van der Waals surface area contributed by atoms with E-state index in [1.807, 2.05) is 6.92 Å². The molecule has 2 aromatic rings. The molecule has 0 saturated carbocycles. The minimum absolute atomic E-state index is 0.778. The summed E-state index contributed by atoms with van der Waals surface area (Å²) < 4.78 is 2.17. The summed E-state index contributed by atoms with van der Waals surface area (Å²) in [6, 6.07) is 6.36. The van der Waals surface area contributed by atoms with Crippen LogP contribution < -0.4 is 5.73 Å². The Kier molecular flexibility index (Phi) is 3.25. The summed E-state index contributed by atoms with van der Waals surface area (Å²) >= 11 is 0. The second-order valence-corrected chi connectivity index (χ2v) is 4.25.